The number of nitrogens with one attached hydrogen (secondary N) is 2. The molecule has 2 nitrogen and oxygen atoms in total. The second-order valence-corrected chi connectivity index (χ2v) is 4.62. The van der Waals surface area contributed by atoms with Gasteiger partial charge in [-0.3, -0.25) is 0 Å². The molecule has 1 aromatic rings. The van der Waals surface area contributed by atoms with E-state index in [4.69, 9.17) is 0 Å². The minimum atomic E-state index is 0.733. The first-order valence-corrected chi connectivity index (χ1v) is 6.34. The van der Waals surface area contributed by atoms with Gasteiger partial charge in [0.15, 0.2) is 0 Å². The van der Waals surface area contributed by atoms with Gasteiger partial charge in [0.2, 0.25) is 0 Å². The fraction of sp³-hybridized carbons (Fsp3) is 0.571. The molecule has 2 N–H and O–H groups in total. The van der Waals surface area contributed by atoms with Gasteiger partial charge in [-0.05, 0) is 45.0 Å². The Morgan fingerprint density at radius 1 is 1.12 bits per heavy atom. The van der Waals surface area contributed by atoms with Crippen molar-refractivity contribution in [2.45, 2.75) is 31.2 Å². The molecule has 0 saturated heterocycles. The van der Waals surface area contributed by atoms with Gasteiger partial charge < -0.3 is 10.6 Å². The molecule has 88 valence electrons. The van der Waals surface area contributed by atoms with Crippen LogP contribution < -0.4 is 10.6 Å². The van der Waals surface area contributed by atoms with Crippen molar-refractivity contribution in [1.82, 2.24) is 10.6 Å². The first-order valence-electron chi connectivity index (χ1n) is 6.34. The minimum absolute atomic E-state index is 0.733. The van der Waals surface area contributed by atoms with Gasteiger partial charge in [-0.2, -0.15) is 0 Å². The smallest absolute Gasteiger partial charge is 0.0143 e. The molecule has 0 aliphatic heterocycles. The van der Waals surface area contributed by atoms with Gasteiger partial charge in [0, 0.05) is 12.0 Å². The molecule has 0 spiro atoms. The predicted molar refractivity (Wildman–Crippen MR) is 68.8 cm³/mol. The summed E-state index contributed by atoms with van der Waals surface area (Å²) < 4.78 is 0. The van der Waals surface area contributed by atoms with E-state index in [1.165, 1.54) is 24.8 Å². The van der Waals surface area contributed by atoms with Crippen LogP contribution in [0.25, 0.3) is 0 Å². The average Bonchev–Trinajstić information content (AvgIpc) is 3.10. The van der Waals surface area contributed by atoms with Crippen LogP contribution in [0.3, 0.4) is 0 Å². The maximum absolute atomic E-state index is 3.64. The monoisotopic (exact) mass is 218 g/mol. The Kier molecular flexibility index (Phi) is 4.37. The molecule has 2 heteroatoms. The number of hydrogen-bond donors (Lipinski definition) is 2. The summed E-state index contributed by atoms with van der Waals surface area (Å²) in [6, 6.07) is 11.6. The number of unbranched alkanes of at least 4 members (excludes halogenated alkanes) is 1. The summed E-state index contributed by atoms with van der Waals surface area (Å²) in [6.45, 7) is 2.30. The van der Waals surface area contributed by atoms with Crippen molar-refractivity contribution in [2.24, 2.45) is 0 Å². The molecule has 0 bridgehead atoms. The van der Waals surface area contributed by atoms with Crippen molar-refractivity contribution < 1.29 is 0 Å². The van der Waals surface area contributed by atoms with Crippen LogP contribution in [-0.4, -0.2) is 26.2 Å². The Morgan fingerprint density at radius 3 is 2.62 bits per heavy atom. The zero-order valence-corrected chi connectivity index (χ0v) is 10.1. The highest BCUT2D eigenvalue weighted by Crippen LogP contribution is 2.40. The van der Waals surface area contributed by atoms with E-state index < -0.39 is 0 Å². The highest BCUT2D eigenvalue weighted by molar-refractivity contribution is 5.27. The van der Waals surface area contributed by atoms with Crippen LogP contribution in [0.15, 0.2) is 30.3 Å². The second-order valence-electron chi connectivity index (χ2n) is 4.62. The number of rotatable bonds is 7. The normalized spacial score (nSPS) is 23.3. The third-order valence-corrected chi connectivity index (χ3v) is 3.28. The van der Waals surface area contributed by atoms with E-state index in [0.717, 1.165) is 25.0 Å². The van der Waals surface area contributed by atoms with Crippen LogP contribution in [-0.2, 0) is 0 Å². The molecule has 0 heterocycles. The Bertz CT molecular complexity index is 297. The van der Waals surface area contributed by atoms with Crippen LogP contribution in [0.1, 0.15) is 30.7 Å². The van der Waals surface area contributed by atoms with Gasteiger partial charge in [0.05, 0.1) is 0 Å². The summed E-state index contributed by atoms with van der Waals surface area (Å²) in [6.07, 6.45) is 3.86. The van der Waals surface area contributed by atoms with E-state index in [1.807, 2.05) is 7.05 Å². The molecule has 1 fully saturated rings. The Morgan fingerprint density at radius 2 is 1.88 bits per heavy atom. The lowest BCUT2D eigenvalue weighted by atomic mass is 10.1. The summed E-state index contributed by atoms with van der Waals surface area (Å²) in [5, 5.41) is 6.81. The average molecular weight is 218 g/mol. The van der Waals surface area contributed by atoms with Crippen LogP contribution in [0, 0.1) is 0 Å². The summed E-state index contributed by atoms with van der Waals surface area (Å²) in [4.78, 5) is 0. The van der Waals surface area contributed by atoms with E-state index in [0.29, 0.717) is 0 Å². The molecular formula is C14H22N2. The van der Waals surface area contributed by atoms with Gasteiger partial charge in [-0.15, -0.1) is 0 Å². The fourth-order valence-electron chi connectivity index (χ4n) is 2.20. The molecular weight excluding hydrogens is 196 g/mol. The van der Waals surface area contributed by atoms with Gasteiger partial charge in [-0.25, -0.2) is 0 Å². The van der Waals surface area contributed by atoms with E-state index in [9.17, 15) is 0 Å². The Balaban J connectivity index is 1.61. The lowest BCUT2D eigenvalue weighted by Crippen LogP contribution is -2.20. The van der Waals surface area contributed by atoms with Crippen molar-refractivity contribution in [3.8, 4) is 0 Å². The molecule has 0 amide bonds. The van der Waals surface area contributed by atoms with Crippen molar-refractivity contribution in [3.05, 3.63) is 35.9 Å². The maximum atomic E-state index is 3.64. The van der Waals surface area contributed by atoms with Gasteiger partial charge in [-0.1, -0.05) is 30.3 Å². The third kappa shape index (κ3) is 3.32. The summed E-state index contributed by atoms with van der Waals surface area (Å²) in [5.41, 5.74) is 1.50. The topological polar surface area (TPSA) is 24.1 Å². The molecule has 1 aliphatic rings. The number of hydrogen-bond acceptors (Lipinski definition) is 2. The van der Waals surface area contributed by atoms with Gasteiger partial charge >= 0.3 is 0 Å². The molecule has 1 aromatic carbocycles. The molecule has 2 unspecified atom stereocenters. The van der Waals surface area contributed by atoms with Crippen molar-refractivity contribution in [1.29, 1.82) is 0 Å². The lowest BCUT2D eigenvalue weighted by molar-refractivity contribution is 0.597. The zero-order valence-electron chi connectivity index (χ0n) is 10.1. The molecule has 2 atom stereocenters. The van der Waals surface area contributed by atoms with Gasteiger partial charge in [0.1, 0.15) is 0 Å². The maximum Gasteiger partial charge on any atom is 0.0143 e. The fourth-order valence-corrected chi connectivity index (χ4v) is 2.20. The number of benzene rings is 1. The quantitative estimate of drug-likeness (QED) is 0.685. The summed E-state index contributed by atoms with van der Waals surface area (Å²) >= 11 is 0. The summed E-state index contributed by atoms with van der Waals surface area (Å²) in [5.74, 6) is 0.769. The predicted octanol–water partition coefficient (Wildman–Crippen LogP) is 2.13. The van der Waals surface area contributed by atoms with Crippen molar-refractivity contribution >= 4 is 0 Å². The largest absolute Gasteiger partial charge is 0.320 e. The van der Waals surface area contributed by atoms with Crippen LogP contribution >= 0.6 is 0 Å². The van der Waals surface area contributed by atoms with Crippen molar-refractivity contribution in [3.63, 3.8) is 0 Å². The zero-order chi connectivity index (χ0) is 11.2. The van der Waals surface area contributed by atoms with Crippen LogP contribution in [0.4, 0.5) is 0 Å². The molecule has 0 aromatic heterocycles. The first-order chi connectivity index (χ1) is 7.92. The van der Waals surface area contributed by atoms with E-state index in [2.05, 4.69) is 41.0 Å². The van der Waals surface area contributed by atoms with E-state index in [-0.39, 0.29) is 0 Å². The lowest BCUT2D eigenvalue weighted by Gasteiger charge is -2.04. The molecule has 2 rings (SSSR count). The van der Waals surface area contributed by atoms with Gasteiger partial charge in [0.25, 0.3) is 0 Å². The highest BCUT2D eigenvalue weighted by Gasteiger charge is 2.37. The Hall–Kier alpha value is -0.860. The first kappa shape index (κ1) is 11.6. The Labute approximate surface area is 98.4 Å². The SMILES string of the molecule is CNCCCCNC1CC1c1ccccc1. The second kappa shape index (κ2) is 6.02. The standard InChI is InChI=1S/C14H22N2/c1-15-9-5-6-10-16-14-11-13(14)12-7-3-2-4-8-12/h2-4,7-8,13-16H,5-6,9-11H2,1H3. The minimum Gasteiger partial charge on any atom is -0.320 e. The van der Waals surface area contributed by atoms with Crippen LogP contribution in [0.5, 0.6) is 0 Å². The van der Waals surface area contributed by atoms with Crippen molar-refractivity contribution in [2.75, 3.05) is 20.1 Å². The molecule has 1 saturated carbocycles. The third-order valence-electron chi connectivity index (χ3n) is 3.28. The summed E-state index contributed by atoms with van der Waals surface area (Å²) in [7, 11) is 2.01. The van der Waals surface area contributed by atoms with E-state index in [1.54, 1.807) is 0 Å². The molecule has 1 aliphatic carbocycles. The molecule has 0 radical (unpaired) electrons. The van der Waals surface area contributed by atoms with E-state index >= 15 is 0 Å². The molecule has 16 heavy (non-hydrogen) atoms. The van der Waals surface area contributed by atoms with Crippen LogP contribution in [0.2, 0.25) is 0 Å². The highest BCUT2D eigenvalue weighted by atomic mass is 15.0.